The Morgan fingerprint density at radius 1 is 1.41 bits per heavy atom. The molecule has 1 N–H and O–H groups in total. The lowest BCUT2D eigenvalue weighted by atomic mass is 10.0. The molecule has 0 atom stereocenters. The number of ketones is 1. The zero-order valence-electron chi connectivity index (χ0n) is 10.1. The topological polar surface area (TPSA) is 46.5 Å². The molecule has 17 heavy (non-hydrogen) atoms. The molecule has 1 aromatic rings. The van der Waals surface area contributed by atoms with Crippen molar-refractivity contribution in [1.29, 1.82) is 0 Å². The Hall–Kier alpha value is -1.79. The first kappa shape index (κ1) is 13.3. The second kappa shape index (κ2) is 6.72. The fourth-order valence-corrected chi connectivity index (χ4v) is 1.51. The van der Waals surface area contributed by atoms with Gasteiger partial charge >= 0.3 is 0 Å². The number of hydrogen-bond donors (Lipinski definition) is 1. The predicted octanol–water partition coefficient (Wildman–Crippen LogP) is 1.83. The van der Waals surface area contributed by atoms with Crippen LogP contribution in [0.2, 0.25) is 0 Å². The van der Waals surface area contributed by atoms with Crippen LogP contribution in [0.15, 0.2) is 18.2 Å². The van der Waals surface area contributed by atoms with Gasteiger partial charge in [-0.2, -0.15) is 0 Å². The Balaban J connectivity index is 2.81. The largest absolute Gasteiger partial charge is 0.481 e. The van der Waals surface area contributed by atoms with E-state index in [-0.39, 0.29) is 19.0 Å². The fraction of sp³-hybridized carbons (Fsp3) is 0.357. The molecule has 3 nitrogen and oxygen atoms in total. The molecule has 0 unspecified atom stereocenters. The van der Waals surface area contributed by atoms with Crippen LogP contribution < -0.4 is 4.74 Å². The van der Waals surface area contributed by atoms with E-state index in [0.717, 1.165) is 12.0 Å². The minimum absolute atomic E-state index is 0.0359. The summed E-state index contributed by atoms with van der Waals surface area (Å²) in [6.07, 6.45) is 0.819. The summed E-state index contributed by atoms with van der Waals surface area (Å²) in [6, 6.07) is 5.46. The molecule has 0 fully saturated rings. The van der Waals surface area contributed by atoms with Crippen LogP contribution in [0.5, 0.6) is 5.75 Å². The summed E-state index contributed by atoms with van der Waals surface area (Å²) in [5.74, 6) is 5.81. The van der Waals surface area contributed by atoms with E-state index in [2.05, 4.69) is 11.8 Å². The third-order valence-corrected chi connectivity index (χ3v) is 2.36. The maximum atomic E-state index is 11.4. The summed E-state index contributed by atoms with van der Waals surface area (Å²) >= 11 is 0. The molecule has 0 radical (unpaired) electrons. The van der Waals surface area contributed by atoms with Gasteiger partial charge in [-0.15, -0.1) is 0 Å². The van der Waals surface area contributed by atoms with Crippen LogP contribution in [0.3, 0.4) is 0 Å². The summed E-state index contributed by atoms with van der Waals surface area (Å²) in [7, 11) is 0. The van der Waals surface area contributed by atoms with Crippen molar-refractivity contribution in [3.63, 3.8) is 0 Å². The summed E-state index contributed by atoms with van der Waals surface area (Å²) in [4.78, 5) is 11.4. The molecule has 90 valence electrons. The summed E-state index contributed by atoms with van der Waals surface area (Å²) in [6.45, 7) is 3.60. The first-order valence-electron chi connectivity index (χ1n) is 5.52. The van der Waals surface area contributed by atoms with E-state index in [0.29, 0.717) is 11.3 Å². The molecule has 0 saturated carbocycles. The van der Waals surface area contributed by atoms with Crippen LogP contribution in [0, 0.1) is 11.8 Å². The van der Waals surface area contributed by atoms with Gasteiger partial charge in [0, 0.05) is 5.56 Å². The Labute approximate surface area is 101 Å². The van der Waals surface area contributed by atoms with E-state index >= 15 is 0 Å². The standard InChI is InChI=1S/C14H16O3/c1-3-12-6-7-13(10-14(12)11(2)16)17-9-5-4-8-15/h6-7,10,15H,3,8-9H2,1-2H3. The van der Waals surface area contributed by atoms with E-state index in [1.54, 1.807) is 13.0 Å². The first-order valence-corrected chi connectivity index (χ1v) is 5.52. The van der Waals surface area contributed by atoms with Crippen molar-refractivity contribution in [1.82, 2.24) is 0 Å². The van der Waals surface area contributed by atoms with Crippen LogP contribution >= 0.6 is 0 Å². The van der Waals surface area contributed by atoms with Crippen molar-refractivity contribution in [2.75, 3.05) is 13.2 Å². The second-order valence-corrected chi connectivity index (χ2v) is 3.53. The molecule has 0 aliphatic carbocycles. The minimum Gasteiger partial charge on any atom is -0.481 e. The van der Waals surface area contributed by atoms with Crippen molar-refractivity contribution < 1.29 is 14.6 Å². The maximum Gasteiger partial charge on any atom is 0.160 e. The highest BCUT2D eigenvalue weighted by molar-refractivity contribution is 5.96. The Morgan fingerprint density at radius 2 is 2.18 bits per heavy atom. The molecule has 0 amide bonds. The highest BCUT2D eigenvalue weighted by Crippen LogP contribution is 2.19. The maximum absolute atomic E-state index is 11.4. The van der Waals surface area contributed by atoms with Crippen LogP contribution in [0.1, 0.15) is 29.8 Å². The minimum atomic E-state index is -0.170. The number of aliphatic hydroxyl groups is 1. The molecule has 0 aliphatic rings. The van der Waals surface area contributed by atoms with E-state index in [1.165, 1.54) is 0 Å². The summed E-state index contributed by atoms with van der Waals surface area (Å²) in [5, 5.41) is 8.47. The van der Waals surface area contributed by atoms with Crippen LogP contribution in [-0.4, -0.2) is 24.1 Å². The molecule has 0 saturated heterocycles. The highest BCUT2D eigenvalue weighted by atomic mass is 16.5. The molecule has 0 aliphatic heterocycles. The molecule has 3 heteroatoms. The molecular weight excluding hydrogens is 216 g/mol. The van der Waals surface area contributed by atoms with Crippen molar-refractivity contribution in [3.8, 4) is 17.6 Å². The third kappa shape index (κ3) is 3.93. The van der Waals surface area contributed by atoms with Crippen molar-refractivity contribution in [2.24, 2.45) is 0 Å². The van der Waals surface area contributed by atoms with Gasteiger partial charge in [-0.05, 0) is 31.0 Å². The van der Waals surface area contributed by atoms with Gasteiger partial charge in [-0.3, -0.25) is 4.79 Å². The normalized spacial score (nSPS) is 9.35. The molecule has 0 aromatic heterocycles. The molecule has 1 rings (SSSR count). The number of ether oxygens (including phenoxy) is 1. The SMILES string of the molecule is CCc1ccc(OCC#CCO)cc1C(C)=O. The lowest BCUT2D eigenvalue weighted by Crippen LogP contribution is -2.01. The monoisotopic (exact) mass is 232 g/mol. The van der Waals surface area contributed by atoms with Gasteiger partial charge in [-0.25, -0.2) is 0 Å². The van der Waals surface area contributed by atoms with Crippen molar-refractivity contribution in [2.45, 2.75) is 20.3 Å². The van der Waals surface area contributed by atoms with Crippen molar-refractivity contribution in [3.05, 3.63) is 29.3 Å². The molecular formula is C14H16O3. The smallest absolute Gasteiger partial charge is 0.160 e. The number of rotatable bonds is 4. The average molecular weight is 232 g/mol. The highest BCUT2D eigenvalue weighted by Gasteiger charge is 2.07. The number of carbonyl (C=O) groups is 1. The summed E-state index contributed by atoms with van der Waals surface area (Å²) in [5.41, 5.74) is 1.71. The number of hydrogen-bond acceptors (Lipinski definition) is 3. The molecule has 0 heterocycles. The van der Waals surface area contributed by atoms with Gasteiger partial charge in [0.25, 0.3) is 0 Å². The van der Waals surface area contributed by atoms with Crippen LogP contribution in [0.25, 0.3) is 0 Å². The Kier molecular flexibility index (Phi) is 5.25. The molecule has 0 spiro atoms. The average Bonchev–Trinajstić information content (AvgIpc) is 2.34. The third-order valence-electron chi connectivity index (χ3n) is 2.36. The molecule has 0 bridgehead atoms. The van der Waals surface area contributed by atoms with Gasteiger partial charge in [0.15, 0.2) is 5.78 Å². The van der Waals surface area contributed by atoms with E-state index < -0.39 is 0 Å². The Bertz CT molecular complexity index is 452. The van der Waals surface area contributed by atoms with Crippen LogP contribution in [0.4, 0.5) is 0 Å². The second-order valence-electron chi connectivity index (χ2n) is 3.53. The van der Waals surface area contributed by atoms with Gasteiger partial charge in [-0.1, -0.05) is 24.8 Å². The van der Waals surface area contributed by atoms with Crippen molar-refractivity contribution >= 4 is 5.78 Å². The number of Topliss-reactive ketones (excluding diaryl/α,β-unsaturated/α-hetero) is 1. The summed E-state index contributed by atoms with van der Waals surface area (Å²) < 4.78 is 5.36. The lowest BCUT2D eigenvalue weighted by Gasteiger charge is -2.08. The van der Waals surface area contributed by atoms with Gasteiger partial charge < -0.3 is 9.84 Å². The lowest BCUT2D eigenvalue weighted by molar-refractivity contribution is 0.101. The fourth-order valence-electron chi connectivity index (χ4n) is 1.51. The van der Waals surface area contributed by atoms with Gasteiger partial charge in [0.1, 0.15) is 19.0 Å². The number of aryl methyl sites for hydroxylation is 1. The first-order chi connectivity index (χ1) is 8.19. The predicted molar refractivity (Wildman–Crippen MR) is 66.2 cm³/mol. The van der Waals surface area contributed by atoms with Gasteiger partial charge in [0.05, 0.1) is 0 Å². The zero-order chi connectivity index (χ0) is 12.7. The number of benzene rings is 1. The van der Waals surface area contributed by atoms with E-state index in [4.69, 9.17) is 9.84 Å². The number of carbonyl (C=O) groups excluding carboxylic acids is 1. The van der Waals surface area contributed by atoms with Crippen LogP contribution in [-0.2, 0) is 6.42 Å². The Morgan fingerprint density at radius 3 is 2.76 bits per heavy atom. The quantitative estimate of drug-likeness (QED) is 0.636. The van der Waals surface area contributed by atoms with E-state index in [9.17, 15) is 4.79 Å². The molecule has 1 aromatic carbocycles. The van der Waals surface area contributed by atoms with E-state index in [1.807, 2.05) is 19.1 Å². The zero-order valence-corrected chi connectivity index (χ0v) is 10.1. The van der Waals surface area contributed by atoms with Gasteiger partial charge in [0.2, 0.25) is 0 Å². The number of aliphatic hydroxyl groups excluding tert-OH is 1.